The SMILES string of the molecule is CCOC(=O)C1CCCN1Cc1cc(Cl)ccc1Cl. The molecule has 104 valence electrons. The van der Waals surface area contributed by atoms with Gasteiger partial charge in [0, 0.05) is 16.6 Å². The van der Waals surface area contributed by atoms with E-state index in [1.165, 1.54) is 0 Å². The molecule has 0 saturated carbocycles. The van der Waals surface area contributed by atoms with Crippen molar-refractivity contribution in [3.63, 3.8) is 0 Å². The zero-order valence-electron chi connectivity index (χ0n) is 10.9. The fourth-order valence-electron chi connectivity index (χ4n) is 2.40. The summed E-state index contributed by atoms with van der Waals surface area (Å²) in [6, 6.07) is 5.24. The Morgan fingerprint density at radius 2 is 2.26 bits per heavy atom. The Morgan fingerprint density at radius 1 is 1.47 bits per heavy atom. The number of ether oxygens (including phenoxy) is 1. The van der Waals surface area contributed by atoms with Crippen LogP contribution in [0.25, 0.3) is 0 Å². The van der Waals surface area contributed by atoms with Gasteiger partial charge in [-0.3, -0.25) is 9.69 Å². The second-order valence-corrected chi connectivity index (χ2v) is 5.46. The monoisotopic (exact) mass is 301 g/mol. The van der Waals surface area contributed by atoms with Crippen molar-refractivity contribution in [2.24, 2.45) is 0 Å². The van der Waals surface area contributed by atoms with Crippen LogP contribution in [0.4, 0.5) is 0 Å². The highest BCUT2D eigenvalue weighted by Gasteiger charge is 2.31. The average Bonchev–Trinajstić information content (AvgIpc) is 2.82. The number of likely N-dealkylation sites (tertiary alicyclic amines) is 1. The van der Waals surface area contributed by atoms with E-state index in [1.54, 1.807) is 12.1 Å². The molecule has 1 aromatic rings. The van der Waals surface area contributed by atoms with Gasteiger partial charge in [-0.25, -0.2) is 0 Å². The average molecular weight is 302 g/mol. The van der Waals surface area contributed by atoms with Crippen LogP contribution in [-0.2, 0) is 16.1 Å². The number of hydrogen-bond acceptors (Lipinski definition) is 3. The third-order valence-electron chi connectivity index (χ3n) is 3.30. The minimum absolute atomic E-state index is 0.141. The Balaban J connectivity index is 2.09. The summed E-state index contributed by atoms with van der Waals surface area (Å²) in [6.45, 7) is 3.75. The standard InChI is InChI=1S/C14H17Cl2NO2/c1-2-19-14(18)13-4-3-7-17(13)9-10-8-11(15)5-6-12(10)16/h5-6,8,13H,2-4,7,9H2,1H3. The van der Waals surface area contributed by atoms with Crippen LogP contribution in [0, 0.1) is 0 Å². The van der Waals surface area contributed by atoms with E-state index >= 15 is 0 Å². The fourth-order valence-corrected chi connectivity index (χ4v) is 2.78. The van der Waals surface area contributed by atoms with Crippen LogP contribution in [0.5, 0.6) is 0 Å². The Morgan fingerprint density at radius 3 is 3.00 bits per heavy atom. The molecular weight excluding hydrogens is 285 g/mol. The lowest BCUT2D eigenvalue weighted by molar-refractivity contribution is -0.148. The molecule has 0 amide bonds. The van der Waals surface area contributed by atoms with Gasteiger partial charge in [-0.15, -0.1) is 0 Å². The first kappa shape index (κ1) is 14.6. The smallest absolute Gasteiger partial charge is 0.323 e. The number of nitrogens with zero attached hydrogens (tertiary/aromatic N) is 1. The highest BCUT2D eigenvalue weighted by Crippen LogP contribution is 2.26. The lowest BCUT2D eigenvalue weighted by Crippen LogP contribution is -2.36. The van der Waals surface area contributed by atoms with Crippen LogP contribution in [0.15, 0.2) is 18.2 Å². The number of carbonyl (C=O) groups is 1. The molecule has 0 N–H and O–H groups in total. The van der Waals surface area contributed by atoms with Crippen molar-refractivity contribution in [3.05, 3.63) is 33.8 Å². The van der Waals surface area contributed by atoms with Gasteiger partial charge < -0.3 is 4.74 Å². The first-order valence-electron chi connectivity index (χ1n) is 6.46. The van der Waals surface area contributed by atoms with Crippen LogP contribution in [0.2, 0.25) is 10.0 Å². The predicted molar refractivity (Wildman–Crippen MR) is 76.5 cm³/mol. The summed E-state index contributed by atoms with van der Waals surface area (Å²) in [5.74, 6) is -0.141. The summed E-state index contributed by atoms with van der Waals surface area (Å²) in [4.78, 5) is 14.0. The third-order valence-corrected chi connectivity index (χ3v) is 3.91. The second-order valence-electron chi connectivity index (χ2n) is 4.62. The zero-order valence-corrected chi connectivity index (χ0v) is 12.4. The molecule has 3 nitrogen and oxygen atoms in total. The Hall–Kier alpha value is -0.770. The summed E-state index contributed by atoms with van der Waals surface area (Å²) in [5, 5.41) is 1.34. The molecule has 1 aliphatic rings. The maximum Gasteiger partial charge on any atom is 0.323 e. The Labute approximate surface area is 123 Å². The van der Waals surface area contributed by atoms with E-state index in [9.17, 15) is 4.79 Å². The van der Waals surface area contributed by atoms with Gasteiger partial charge in [-0.05, 0) is 50.1 Å². The summed E-state index contributed by atoms with van der Waals surface area (Å²) in [6.07, 6.45) is 1.85. The molecule has 1 heterocycles. The zero-order chi connectivity index (χ0) is 13.8. The van der Waals surface area contributed by atoms with Crippen molar-refractivity contribution in [1.29, 1.82) is 0 Å². The second kappa shape index (κ2) is 6.60. The third kappa shape index (κ3) is 3.62. The molecule has 1 fully saturated rings. The van der Waals surface area contributed by atoms with E-state index in [2.05, 4.69) is 4.90 Å². The van der Waals surface area contributed by atoms with Gasteiger partial charge in [-0.2, -0.15) is 0 Å². The molecule has 19 heavy (non-hydrogen) atoms. The van der Waals surface area contributed by atoms with E-state index in [-0.39, 0.29) is 12.0 Å². The first-order chi connectivity index (χ1) is 9.11. The van der Waals surface area contributed by atoms with Crippen LogP contribution in [-0.4, -0.2) is 30.1 Å². The number of hydrogen-bond donors (Lipinski definition) is 0. The summed E-state index contributed by atoms with van der Waals surface area (Å²) >= 11 is 12.1. The van der Waals surface area contributed by atoms with Gasteiger partial charge in [0.2, 0.25) is 0 Å². The van der Waals surface area contributed by atoms with Crippen LogP contribution < -0.4 is 0 Å². The van der Waals surface area contributed by atoms with Crippen LogP contribution >= 0.6 is 23.2 Å². The highest BCUT2D eigenvalue weighted by atomic mass is 35.5. The predicted octanol–water partition coefficient (Wildman–Crippen LogP) is 3.52. The maximum absolute atomic E-state index is 11.9. The van der Waals surface area contributed by atoms with E-state index in [0.717, 1.165) is 24.9 Å². The van der Waals surface area contributed by atoms with E-state index in [1.807, 2.05) is 13.0 Å². The minimum Gasteiger partial charge on any atom is -0.465 e. The molecule has 5 heteroatoms. The quantitative estimate of drug-likeness (QED) is 0.797. The molecule has 0 spiro atoms. The van der Waals surface area contributed by atoms with Gasteiger partial charge in [0.05, 0.1) is 6.61 Å². The number of carbonyl (C=O) groups excluding carboxylic acids is 1. The fraction of sp³-hybridized carbons (Fsp3) is 0.500. The molecular formula is C14H17Cl2NO2. The van der Waals surface area contributed by atoms with Gasteiger partial charge >= 0.3 is 5.97 Å². The Bertz CT molecular complexity index is 465. The van der Waals surface area contributed by atoms with E-state index < -0.39 is 0 Å². The van der Waals surface area contributed by atoms with Crippen molar-refractivity contribution in [2.75, 3.05) is 13.2 Å². The van der Waals surface area contributed by atoms with Gasteiger partial charge in [-0.1, -0.05) is 23.2 Å². The first-order valence-corrected chi connectivity index (χ1v) is 7.22. The molecule has 0 radical (unpaired) electrons. The normalized spacial score (nSPS) is 19.6. The van der Waals surface area contributed by atoms with Crippen molar-refractivity contribution >= 4 is 29.2 Å². The minimum atomic E-state index is -0.157. The van der Waals surface area contributed by atoms with Crippen LogP contribution in [0.3, 0.4) is 0 Å². The molecule has 1 aliphatic heterocycles. The van der Waals surface area contributed by atoms with Crippen molar-refractivity contribution in [2.45, 2.75) is 32.4 Å². The molecule has 1 atom stereocenters. The van der Waals surface area contributed by atoms with E-state index in [0.29, 0.717) is 23.2 Å². The maximum atomic E-state index is 11.9. The molecule has 1 aromatic carbocycles. The molecule has 0 bridgehead atoms. The molecule has 0 aliphatic carbocycles. The van der Waals surface area contributed by atoms with Crippen molar-refractivity contribution in [3.8, 4) is 0 Å². The molecule has 1 saturated heterocycles. The Kier molecular flexibility index (Phi) is 5.08. The molecule has 1 unspecified atom stereocenters. The van der Waals surface area contributed by atoms with E-state index in [4.69, 9.17) is 27.9 Å². The summed E-state index contributed by atoms with van der Waals surface area (Å²) in [5.41, 5.74) is 0.949. The van der Waals surface area contributed by atoms with Gasteiger partial charge in [0.1, 0.15) is 6.04 Å². The topological polar surface area (TPSA) is 29.5 Å². The lowest BCUT2D eigenvalue weighted by Gasteiger charge is -2.23. The van der Waals surface area contributed by atoms with Crippen LogP contribution in [0.1, 0.15) is 25.3 Å². The number of esters is 1. The number of halogens is 2. The number of rotatable bonds is 4. The highest BCUT2D eigenvalue weighted by molar-refractivity contribution is 6.33. The van der Waals surface area contributed by atoms with Gasteiger partial charge in [0.25, 0.3) is 0 Å². The summed E-state index contributed by atoms with van der Waals surface area (Å²) < 4.78 is 5.11. The van der Waals surface area contributed by atoms with Gasteiger partial charge in [0.15, 0.2) is 0 Å². The molecule has 0 aromatic heterocycles. The van der Waals surface area contributed by atoms with Crippen molar-refractivity contribution < 1.29 is 9.53 Å². The van der Waals surface area contributed by atoms with Crippen molar-refractivity contribution in [1.82, 2.24) is 4.90 Å². The largest absolute Gasteiger partial charge is 0.465 e. The molecule has 2 rings (SSSR count). The summed E-state index contributed by atoms with van der Waals surface area (Å²) in [7, 11) is 0. The number of benzene rings is 1. The lowest BCUT2D eigenvalue weighted by atomic mass is 10.2.